The van der Waals surface area contributed by atoms with E-state index in [0.29, 0.717) is 36.1 Å². The summed E-state index contributed by atoms with van der Waals surface area (Å²) in [4.78, 5) is 38.5. The first kappa shape index (κ1) is 19.7. The van der Waals surface area contributed by atoms with Gasteiger partial charge >= 0.3 is 0 Å². The number of rotatable bonds is 6. The van der Waals surface area contributed by atoms with Crippen LogP contribution in [-0.2, 0) is 11.3 Å². The minimum absolute atomic E-state index is 0.0845. The van der Waals surface area contributed by atoms with Gasteiger partial charge < -0.3 is 19.1 Å². The van der Waals surface area contributed by atoms with E-state index < -0.39 is 0 Å². The summed E-state index contributed by atoms with van der Waals surface area (Å²) in [6.07, 6.45) is 7.78. The average Bonchev–Trinajstić information content (AvgIpc) is 3.41. The number of aromatic nitrogens is 6. The van der Waals surface area contributed by atoms with Crippen LogP contribution in [0.4, 0.5) is 5.95 Å². The smallest absolute Gasteiger partial charge is 0.245 e. The molecule has 10 nitrogen and oxygen atoms in total. The number of ether oxygens (including phenoxy) is 1. The second-order valence-electron chi connectivity index (χ2n) is 8.28. The number of fused-ring (bicyclic) bond motifs is 1. The molecule has 2 fully saturated rings. The molecule has 31 heavy (non-hydrogen) atoms. The predicted octanol–water partition coefficient (Wildman–Crippen LogP) is 1.76. The van der Waals surface area contributed by atoms with E-state index in [9.17, 15) is 4.79 Å². The fourth-order valence-electron chi connectivity index (χ4n) is 3.96. The molecule has 1 aliphatic heterocycles. The standard InChI is InChI=1S/C21H26N8O2/c1-4-29-17(14-9-22-21(23-10-14)27(2)3)26-16-18(29)24-12-25-19(16)31-15-7-8-28(11-15)20(30)13-5-6-13/h9-10,12-13,15H,4-8,11H2,1-3H3. The molecule has 1 amide bonds. The maximum atomic E-state index is 12.3. The van der Waals surface area contributed by atoms with Crippen LogP contribution in [-0.4, -0.2) is 73.6 Å². The Hall–Kier alpha value is -3.30. The second kappa shape index (κ2) is 7.75. The fourth-order valence-corrected chi connectivity index (χ4v) is 3.96. The van der Waals surface area contributed by atoms with Crippen molar-refractivity contribution in [2.45, 2.75) is 38.8 Å². The highest BCUT2D eigenvalue weighted by Crippen LogP contribution is 2.33. The largest absolute Gasteiger partial charge is 0.471 e. The van der Waals surface area contributed by atoms with Gasteiger partial charge in [-0.3, -0.25) is 4.79 Å². The summed E-state index contributed by atoms with van der Waals surface area (Å²) in [5.41, 5.74) is 2.13. The lowest BCUT2D eigenvalue weighted by molar-refractivity contribution is -0.131. The second-order valence-corrected chi connectivity index (χ2v) is 8.28. The van der Waals surface area contributed by atoms with Crippen molar-refractivity contribution in [3.8, 4) is 17.3 Å². The number of hydrogen-bond acceptors (Lipinski definition) is 8. The maximum absolute atomic E-state index is 12.3. The third kappa shape index (κ3) is 3.66. The van der Waals surface area contributed by atoms with E-state index in [2.05, 4.69) is 19.9 Å². The van der Waals surface area contributed by atoms with Crippen LogP contribution in [0.25, 0.3) is 22.6 Å². The van der Waals surface area contributed by atoms with Gasteiger partial charge in [0.25, 0.3) is 0 Å². The van der Waals surface area contributed by atoms with Crippen molar-refractivity contribution in [1.29, 1.82) is 0 Å². The molecule has 1 atom stereocenters. The number of imidazole rings is 1. The third-order valence-electron chi connectivity index (χ3n) is 5.77. The van der Waals surface area contributed by atoms with E-state index in [1.54, 1.807) is 12.4 Å². The van der Waals surface area contributed by atoms with Crippen LogP contribution in [0, 0.1) is 5.92 Å². The number of carbonyl (C=O) groups is 1. The van der Waals surface area contributed by atoms with Gasteiger partial charge in [-0.15, -0.1) is 0 Å². The van der Waals surface area contributed by atoms with Gasteiger partial charge in [0.05, 0.1) is 12.1 Å². The Morgan fingerprint density at radius 1 is 1.16 bits per heavy atom. The topological polar surface area (TPSA) is 102 Å². The number of likely N-dealkylation sites (tertiary alicyclic amines) is 1. The van der Waals surface area contributed by atoms with Crippen LogP contribution in [0.2, 0.25) is 0 Å². The van der Waals surface area contributed by atoms with Crippen molar-refractivity contribution in [2.24, 2.45) is 5.92 Å². The van der Waals surface area contributed by atoms with E-state index in [4.69, 9.17) is 9.72 Å². The monoisotopic (exact) mass is 422 g/mol. The third-order valence-corrected chi connectivity index (χ3v) is 5.77. The van der Waals surface area contributed by atoms with E-state index >= 15 is 0 Å². The van der Waals surface area contributed by atoms with Gasteiger partial charge in [0, 0.05) is 51.9 Å². The molecule has 1 saturated carbocycles. The normalized spacial score (nSPS) is 18.5. The Balaban J connectivity index is 1.43. The van der Waals surface area contributed by atoms with Crippen molar-refractivity contribution in [2.75, 3.05) is 32.1 Å². The van der Waals surface area contributed by atoms with Gasteiger partial charge in [0.15, 0.2) is 11.2 Å². The lowest BCUT2D eigenvalue weighted by Crippen LogP contribution is -2.32. The molecule has 0 bridgehead atoms. The predicted molar refractivity (Wildman–Crippen MR) is 115 cm³/mol. The molecule has 0 radical (unpaired) electrons. The minimum atomic E-state index is -0.0845. The van der Waals surface area contributed by atoms with Gasteiger partial charge in [-0.25, -0.2) is 19.9 Å². The summed E-state index contributed by atoms with van der Waals surface area (Å²) >= 11 is 0. The summed E-state index contributed by atoms with van der Waals surface area (Å²) in [7, 11) is 3.80. The number of carbonyl (C=O) groups excluding carboxylic acids is 1. The number of amides is 1. The fraction of sp³-hybridized carbons (Fsp3) is 0.524. The molecule has 4 heterocycles. The van der Waals surface area contributed by atoms with Gasteiger partial charge in [0.1, 0.15) is 18.3 Å². The van der Waals surface area contributed by atoms with Crippen LogP contribution < -0.4 is 9.64 Å². The molecule has 5 rings (SSSR count). The molecule has 0 N–H and O–H groups in total. The lowest BCUT2D eigenvalue weighted by Gasteiger charge is -2.16. The summed E-state index contributed by atoms with van der Waals surface area (Å²) < 4.78 is 8.22. The van der Waals surface area contributed by atoms with Crippen molar-refractivity contribution in [3.63, 3.8) is 0 Å². The van der Waals surface area contributed by atoms with Gasteiger partial charge in [-0.1, -0.05) is 0 Å². The summed E-state index contributed by atoms with van der Waals surface area (Å²) in [5, 5.41) is 0. The van der Waals surface area contributed by atoms with Crippen molar-refractivity contribution in [1.82, 2.24) is 34.4 Å². The van der Waals surface area contributed by atoms with Gasteiger partial charge in [0.2, 0.25) is 17.7 Å². The van der Waals surface area contributed by atoms with Crippen LogP contribution >= 0.6 is 0 Å². The Bertz CT molecular complexity index is 1110. The van der Waals surface area contributed by atoms with Crippen LogP contribution in [0.3, 0.4) is 0 Å². The molecule has 3 aromatic rings. The van der Waals surface area contributed by atoms with Crippen molar-refractivity contribution < 1.29 is 9.53 Å². The number of nitrogens with zero attached hydrogens (tertiary/aromatic N) is 8. The van der Waals surface area contributed by atoms with Crippen LogP contribution in [0.5, 0.6) is 5.88 Å². The Labute approximate surface area is 180 Å². The Morgan fingerprint density at radius 2 is 1.94 bits per heavy atom. The van der Waals surface area contributed by atoms with E-state index in [-0.39, 0.29) is 17.9 Å². The zero-order valence-corrected chi connectivity index (χ0v) is 18.0. The Kier molecular flexibility index (Phi) is 4.91. The molecule has 1 saturated heterocycles. The Morgan fingerprint density at radius 3 is 2.61 bits per heavy atom. The molecular formula is C21H26N8O2. The van der Waals surface area contributed by atoms with Gasteiger partial charge in [-0.05, 0) is 19.8 Å². The highest BCUT2D eigenvalue weighted by Gasteiger charge is 2.37. The molecule has 0 aromatic carbocycles. The lowest BCUT2D eigenvalue weighted by atomic mass is 10.3. The molecule has 10 heteroatoms. The summed E-state index contributed by atoms with van der Waals surface area (Å²) in [5.74, 6) is 2.31. The molecule has 2 aliphatic rings. The SMILES string of the molecule is CCn1c(-c2cnc(N(C)C)nc2)nc2c(OC3CCN(C(=O)C4CC4)C3)ncnc21. The zero-order valence-electron chi connectivity index (χ0n) is 18.0. The first-order valence-electron chi connectivity index (χ1n) is 10.7. The summed E-state index contributed by atoms with van der Waals surface area (Å²) in [6.45, 7) is 4.06. The molecule has 162 valence electrons. The number of anilines is 1. The number of aryl methyl sites for hydroxylation is 1. The van der Waals surface area contributed by atoms with E-state index in [1.807, 2.05) is 35.4 Å². The molecule has 3 aromatic heterocycles. The average molecular weight is 422 g/mol. The minimum Gasteiger partial charge on any atom is -0.471 e. The van der Waals surface area contributed by atoms with E-state index in [1.165, 1.54) is 6.33 Å². The molecule has 1 unspecified atom stereocenters. The van der Waals surface area contributed by atoms with Crippen LogP contribution in [0.15, 0.2) is 18.7 Å². The molecule has 0 spiro atoms. The zero-order chi connectivity index (χ0) is 21.5. The number of hydrogen-bond donors (Lipinski definition) is 0. The highest BCUT2D eigenvalue weighted by atomic mass is 16.5. The highest BCUT2D eigenvalue weighted by molar-refractivity contribution is 5.82. The maximum Gasteiger partial charge on any atom is 0.245 e. The summed E-state index contributed by atoms with van der Waals surface area (Å²) in [6, 6.07) is 0. The quantitative estimate of drug-likeness (QED) is 0.592. The van der Waals surface area contributed by atoms with E-state index in [0.717, 1.165) is 37.2 Å². The first-order chi connectivity index (χ1) is 15.0. The first-order valence-corrected chi connectivity index (χ1v) is 10.7. The van der Waals surface area contributed by atoms with Crippen molar-refractivity contribution >= 4 is 23.0 Å². The molecule has 1 aliphatic carbocycles. The molecular weight excluding hydrogens is 396 g/mol. The van der Waals surface area contributed by atoms with Gasteiger partial charge in [-0.2, -0.15) is 4.98 Å². The van der Waals surface area contributed by atoms with Crippen LogP contribution in [0.1, 0.15) is 26.2 Å². The van der Waals surface area contributed by atoms with Crippen molar-refractivity contribution in [3.05, 3.63) is 18.7 Å².